The molecule has 2 aliphatic rings. The van der Waals surface area contributed by atoms with Gasteiger partial charge in [-0.15, -0.1) is 23.1 Å². The summed E-state index contributed by atoms with van der Waals surface area (Å²) in [5.74, 6) is 0.525. The van der Waals surface area contributed by atoms with Gasteiger partial charge >= 0.3 is 0 Å². The average molecular weight is 310 g/mol. The van der Waals surface area contributed by atoms with E-state index in [1.807, 2.05) is 0 Å². The van der Waals surface area contributed by atoms with E-state index in [1.165, 1.54) is 4.88 Å². The van der Waals surface area contributed by atoms with Gasteiger partial charge in [0.15, 0.2) is 0 Å². The predicted molar refractivity (Wildman–Crippen MR) is 81.7 cm³/mol. The molecule has 1 aromatic heterocycles. The minimum absolute atomic E-state index is 0.0347. The average Bonchev–Trinajstić information content (AvgIpc) is 3.05. The summed E-state index contributed by atoms with van der Waals surface area (Å²) in [4.78, 5) is 25.2. The highest BCUT2D eigenvalue weighted by atomic mass is 32.2. The SMILES string of the molecule is NC(=O)[C@@H]1CCC[C@H]1NC(=O)[C@@H]1SCCc2sccc21. The molecule has 6 heteroatoms. The van der Waals surface area contributed by atoms with Crippen LogP contribution in [-0.4, -0.2) is 23.6 Å². The maximum atomic E-state index is 12.5. The van der Waals surface area contributed by atoms with E-state index in [-0.39, 0.29) is 29.0 Å². The van der Waals surface area contributed by atoms with Gasteiger partial charge < -0.3 is 11.1 Å². The molecule has 3 N–H and O–H groups in total. The number of thiophene rings is 1. The van der Waals surface area contributed by atoms with Crippen molar-refractivity contribution in [2.24, 2.45) is 11.7 Å². The Morgan fingerprint density at radius 1 is 1.35 bits per heavy atom. The highest BCUT2D eigenvalue weighted by Crippen LogP contribution is 2.39. The Bertz CT molecular complexity index is 529. The first-order chi connectivity index (χ1) is 9.66. The number of carbonyl (C=O) groups excluding carboxylic acids is 2. The molecule has 0 unspecified atom stereocenters. The quantitative estimate of drug-likeness (QED) is 0.895. The first kappa shape index (κ1) is 13.9. The van der Waals surface area contributed by atoms with E-state index in [0.29, 0.717) is 0 Å². The van der Waals surface area contributed by atoms with E-state index in [1.54, 1.807) is 23.1 Å². The number of hydrogen-bond acceptors (Lipinski definition) is 4. The minimum Gasteiger partial charge on any atom is -0.369 e. The second-order valence-corrected chi connectivity index (χ2v) is 7.57. The molecule has 1 fully saturated rings. The fourth-order valence-corrected chi connectivity index (χ4v) is 5.40. The predicted octanol–water partition coefficient (Wildman–Crippen LogP) is 1.85. The van der Waals surface area contributed by atoms with E-state index in [4.69, 9.17) is 5.73 Å². The first-order valence-electron chi connectivity index (χ1n) is 6.94. The zero-order valence-corrected chi connectivity index (χ0v) is 12.8. The van der Waals surface area contributed by atoms with Gasteiger partial charge in [-0.2, -0.15) is 0 Å². The van der Waals surface area contributed by atoms with Crippen LogP contribution < -0.4 is 11.1 Å². The number of carbonyl (C=O) groups is 2. The van der Waals surface area contributed by atoms with Gasteiger partial charge in [-0.25, -0.2) is 0 Å². The van der Waals surface area contributed by atoms with Crippen molar-refractivity contribution in [1.82, 2.24) is 5.32 Å². The maximum absolute atomic E-state index is 12.5. The van der Waals surface area contributed by atoms with Crippen LogP contribution in [0.15, 0.2) is 11.4 Å². The Labute approximate surface area is 126 Å². The summed E-state index contributed by atoms with van der Waals surface area (Å²) in [6.45, 7) is 0. The standard InChI is InChI=1S/C14H18N2O2S2/c15-13(17)8-2-1-3-10(8)16-14(18)12-9-4-6-19-11(9)5-7-20-12/h4,6,8,10,12H,1-3,5,7H2,(H2,15,17)(H,16,18)/t8-,10-,12-/m1/s1. The second-order valence-electron chi connectivity index (χ2n) is 5.35. The maximum Gasteiger partial charge on any atom is 0.237 e. The van der Waals surface area contributed by atoms with Crippen LogP contribution in [0, 0.1) is 5.92 Å². The molecule has 2 heterocycles. The Balaban J connectivity index is 1.70. The lowest BCUT2D eigenvalue weighted by Crippen LogP contribution is -2.44. The molecule has 1 aliphatic carbocycles. The number of hydrogen-bond donors (Lipinski definition) is 2. The molecule has 0 saturated heterocycles. The lowest BCUT2D eigenvalue weighted by molar-refractivity contribution is -0.124. The number of nitrogens with one attached hydrogen (secondary N) is 1. The third-order valence-electron chi connectivity index (χ3n) is 4.12. The van der Waals surface area contributed by atoms with Crippen molar-refractivity contribution >= 4 is 34.9 Å². The molecule has 3 rings (SSSR count). The van der Waals surface area contributed by atoms with Crippen LogP contribution in [0.1, 0.15) is 35.0 Å². The van der Waals surface area contributed by atoms with Gasteiger partial charge in [0.05, 0.1) is 5.92 Å². The van der Waals surface area contributed by atoms with Crippen molar-refractivity contribution in [3.05, 3.63) is 21.9 Å². The van der Waals surface area contributed by atoms with Crippen LogP contribution in [0.4, 0.5) is 0 Å². The minimum atomic E-state index is -0.291. The number of primary amides is 1. The Morgan fingerprint density at radius 2 is 2.20 bits per heavy atom. The molecule has 108 valence electrons. The molecule has 3 atom stereocenters. The molecule has 0 aromatic carbocycles. The Morgan fingerprint density at radius 3 is 3.00 bits per heavy atom. The number of nitrogens with two attached hydrogens (primary N) is 1. The van der Waals surface area contributed by atoms with Crippen LogP contribution in [0.2, 0.25) is 0 Å². The van der Waals surface area contributed by atoms with Gasteiger partial charge in [0.25, 0.3) is 0 Å². The molecule has 0 radical (unpaired) electrons. The fraction of sp³-hybridized carbons (Fsp3) is 0.571. The van der Waals surface area contributed by atoms with Crippen LogP contribution in [-0.2, 0) is 16.0 Å². The molecule has 1 aromatic rings. The largest absolute Gasteiger partial charge is 0.369 e. The summed E-state index contributed by atoms with van der Waals surface area (Å²) in [5.41, 5.74) is 6.56. The fourth-order valence-electron chi connectivity index (χ4n) is 3.10. The first-order valence-corrected chi connectivity index (χ1v) is 8.87. The molecular formula is C14H18N2O2S2. The summed E-state index contributed by atoms with van der Waals surface area (Å²) in [7, 11) is 0. The molecule has 2 amide bonds. The summed E-state index contributed by atoms with van der Waals surface area (Å²) < 4.78 is 0. The third kappa shape index (κ3) is 2.59. The number of fused-ring (bicyclic) bond motifs is 1. The molecule has 20 heavy (non-hydrogen) atoms. The van der Waals surface area contributed by atoms with Crippen LogP contribution in [0.25, 0.3) is 0 Å². The molecule has 1 saturated carbocycles. The second kappa shape index (κ2) is 5.77. The monoisotopic (exact) mass is 310 g/mol. The normalized spacial score (nSPS) is 28.9. The summed E-state index contributed by atoms with van der Waals surface area (Å²) in [5, 5.41) is 4.98. The van der Waals surface area contributed by atoms with Gasteiger partial charge in [-0.05, 0) is 42.0 Å². The van der Waals surface area contributed by atoms with Gasteiger partial charge in [-0.1, -0.05) is 6.42 Å². The molecular weight excluding hydrogens is 292 g/mol. The molecule has 0 bridgehead atoms. The van der Waals surface area contributed by atoms with E-state index in [0.717, 1.165) is 37.0 Å². The van der Waals surface area contributed by atoms with Crippen molar-refractivity contribution in [2.45, 2.75) is 37.0 Å². The summed E-state index contributed by atoms with van der Waals surface area (Å²) >= 11 is 3.42. The van der Waals surface area contributed by atoms with Crippen LogP contribution in [0.3, 0.4) is 0 Å². The van der Waals surface area contributed by atoms with Crippen molar-refractivity contribution in [3.8, 4) is 0 Å². The molecule has 0 spiro atoms. The Kier molecular flexibility index (Phi) is 4.03. The van der Waals surface area contributed by atoms with Crippen LogP contribution >= 0.6 is 23.1 Å². The van der Waals surface area contributed by atoms with E-state index in [9.17, 15) is 9.59 Å². The zero-order valence-electron chi connectivity index (χ0n) is 11.1. The van der Waals surface area contributed by atoms with E-state index in [2.05, 4.69) is 16.8 Å². The number of thioether (sulfide) groups is 1. The topological polar surface area (TPSA) is 72.2 Å². The van der Waals surface area contributed by atoms with E-state index < -0.39 is 0 Å². The summed E-state index contributed by atoms with van der Waals surface area (Å²) in [6.07, 6.45) is 3.66. The zero-order chi connectivity index (χ0) is 14.1. The van der Waals surface area contributed by atoms with Crippen LogP contribution in [0.5, 0.6) is 0 Å². The van der Waals surface area contributed by atoms with Crippen molar-refractivity contribution in [1.29, 1.82) is 0 Å². The number of rotatable bonds is 3. The molecule has 4 nitrogen and oxygen atoms in total. The van der Waals surface area contributed by atoms with Gasteiger partial charge in [-0.3, -0.25) is 9.59 Å². The van der Waals surface area contributed by atoms with Gasteiger partial charge in [0.2, 0.25) is 11.8 Å². The lowest BCUT2D eigenvalue weighted by atomic mass is 10.0. The molecule has 1 aliphatic heterocycles. The lowest BCUT2D eigenvalue weighted by Gasteiger charge is -2.25. The van der Waals surface area contributed by atoms with Gasteiger partial charge in [0.1, 0.15) is 5.25 Å². The third-order valence-corrected chi connectivity index (χ3v) is 6.36. The highest BCUT2D eigenvalue weighted by molar-refractivity contribution is 8.00. The van der Waals surface area contributed by atoms with Crippen molar-refractivity contribution < 1.29 is 9.59 Å². The van der Waals surface area contributed by atoms with E-state index >= 15 is 0 Å². The van der Waals surface area contributed by atoms with Crippen molar-refractivity contribution in [2.75, 3.05) is 5.75 Å². The number of aryl methyl sites for hydroxylation is 1. The summed E-state index contributed by atoms with van der Waals surface area (Å²) in [6, 6.07) is 1.97. The van der Waals surface area contributed by atoms with Crippen molar-refractivity contribution in [3.63, 3.8) is 0 Å². The smallest absolute Gasteiger partial charge is 0.237 e. The van der Waals surface area contributed by atoms with Gasteiger partial charge in [0, 0.05) is 10.9 Å². The number of amides is 2. The highest BCUT2D eigenvalue weighted by Gasteiger charge is 2.35. The Hall–Kier alpha value is -1.01.